The molecule has 110 valence electrons. The van der Waals surface area contributed by atoms with Gasteiger partial charge in [0, 0.05) is 6.54 Å². The Bertz CT molecular complexity index is 635. The Kier molecular flexibility index (Phi) is 3.82. The number of hydrogen-bond donors (Lipinski definition) is 1. The average Bonchev–Trinajstić information content (AvgIpc) is 3.04. The van der Waals surface area contributed by atoms with Crippen LogP contribution in [0, 0.1) is 0 Å². The second-order valence-electron chi connectivity index (χ2n) is 4.34. The van der Waals surface area contributed by atoms with Crippen LogP contribution < -0.4 is 5.14 Å². The highest BCUT2D eigenvalue weighted by Gasteiger charge is 2.36. The summed E-state index contributed by atoms with van der Waals surface area (Å²) in [6.07, 6.45) is 1.16. The predicted octanol–water partition coefficient (Wildman–Crippen LogP) is -0.295. The van der Waals surface area contributed by atoms with Gasteiger partial charge in [-0.15, -0.1) is 0 Å². The number of rotatable bonds is 3. The van der Waals surface area contributed by atoms with E-state index in [-0.39, 0.29) is 5.76 Å². The smallest absolute Gasteiger partial charge is 0.328 e. The van der Waals surface area contributed by atoms with E-state index in [1.54, 1.807) is 0 Å². The fourth-order valence-corrected chi connectivity index (χ4v) is 2.58. The molecule has 1 amide bonds. The number of methoxy groups -OCH3 is 1. The van der Waals surface area contributed by atoms with Gasteiger partial charge in [-0.3, -0.25) is 4.79 Å². The first kappa shape index (κ1) is 14.5. The van der Waals surface area contributed by atoms with Crippen molar-refractivity contribution in [1.82, 2.24) is 4.90 Å². The summed E-state index contributed by atoms with van der Waals surface area (Å²) in [5, 5.41) is 4.41. The lowest BCUT2D eigenvalue weighted by molar-refractivity contribution is -0.145. The first-order valence-corrected chi connectivity index (χ1v) is 7.40. The van der Waals surface area contributed by atoms with Crippen LogP contribution in [0.5, 0.6) is 0 Å². The van der Waals surface area contributed by atoms with E-state index in [0.717, 1.165) is 6.07 Å². The lowest BCUT2D eigenvalue weighted by atomic mass is 10.2. The van der Waals surface area contributed by atoms with Crippen LogP contribution in [0.25, 0.3) is 0 Å². The molecule has 0 spiro atoms. The van der Waals surface area contributed by atoms with Gasteiger partial charge in [-0.25, -0.2) is 18.4 Å². The number of primary sulfonamides is 1. The predicted molar refractivity (Wildman–Crippen MR) is 66.2 cm³/mol. The number of furan rings is 1. The van der Waals surface area contributed by atoms with Crippen molar-refractivity contribution in [3.8, 4) is 0 Å². The van der Waals surface area contributed by atoms with Crippen LogP contribution in [-0.2, 0) is 19.6 Å². The molecule has 0 aliphatic carbocycles. The number of hydrogen-bond acceptors (Lipinski definition) is 6. The first-order chi connectivity index (χ1) is 9.34. The average molecular weight is 302 g/mol. The maximum Gasteiger partial charge on any atom is 0.328 e. The number of ether oxygens (including phenoxy) is 1. The van der Waals surface area contributed by atoms with Gasteiger partial charge in [0.2, 0.25) is 5.09 Å². The summed E-state index contributed by atoms with van der Waals surface area (Å²) in [6, 6.07) is 1.65. The van der Waals surface area contributed by atoms with Gasteiger partial charge in [0.25, 0.3) is 15.9 Å². The maximum absolute atomic E-state index is 12.2. The summed E-state index contributed by atoms with van der Waals surface area (Å²) >= 11 is 0. The Hall–Kier alpha value is -1.87. The van der Waals surface area contributed by atoms with Crippen LogP contribution in [0.4, 0.5) is 0 Å². The molecule has 2 heterocycles. The number of carbonyl (C=O) groups excluding carboxylic acids is 2. The highest BCUT2D eigenvalue weighted by Crippen LogP contribution is 2.22. The molecule has 1 aliphatic heterocycles. The molecule has 0 aromatic carbocycles. The third-order valence-corrected chi connectivity index (χ3v) is 3.84. The Labute approximate surface area is 115 Å². The van der Waals surface area contributed by atoms with Gasteiger partial charge in [0.15, 0.2) is 5.76 Å². The monoisotopic (exact) mass is 302 g/mol. The van der Waals surface area contributed by atoms with Gasteiger partial charge in [0.1, 0.15) is 6.04 Å². The molecule has 1 saturated heterocycles. The van der Waals surface area contributed by atoms with E-state index in [1.807, 2.05) is 0 Å². The van der Waals surface area contributed by atoms with Gasteiger partial charge < -0.3 is 14.1 Å². The lowest BCUT2D eigenvalue weighted by Gasteiger charge is -2.21. The Morgan fingerprint density at radius 1 is 1.45 bits per heavy atom. The molecule has 1 aromatic heterocycles. The third-order valence-electron chi connectivity index (χ3n) is 3.06. The summed E-state index contributed by atoms with van der Waals surface area (Å²) in [5.74, 6) is -1.24. The van der Waals surface area contributed by atoms with Crippen LogP contribution in [-0.4, -0.2) is 44.9 Å². The van der Waals surface area contributed by atoms with E-state index < -0.39 is 33.0 Å². The summed E-state index contributed by atoms with van der Waals surface area (Å²) < 4.78 is 31.7. The molecule has 0 bridgehead atoms. The minimum Gasteiger partial charge on any atom is -0.467 e. The number of nitrogens with zero attached hydrogens (tertiary/aromatic N) is 1. The molecule has 2 N–H and O–H groups in total. The van der Waals surface area contributed by atoms with E-state index in [2.05, 4.69) is 4.74 Å². The van der Waals surface area contributed by atoms with E-state index in [4.69, 9.17) is 9.56 Å². The number of esters is 1. The Balaban J connectivity index is 2.23. The van der Waals surface area contributed by atoms with Crippen LogP contribution in [0.15, 0.2) is 21.6 Å². The lowest BCUT2D eigenvalue weighted by Crippen LogP contribution is -2.40. The SMILES string of the molecule is COC(=O)C1CCCN1C(=O)c1ccc(S(N)(=O)=O)o1. The van der Waals surface area contributed by atoms with Crippen molar-refractivity contribution in [1.29, 1.82) is 0 Å². The Morgan fingerprint density at radius 3 is 2.70 bits per heavy atom. The quantitative estimate of drug-likeness (QED) is 0.766. The zero-order chi connectivity index (χ0) is 14.9. The van der Waals surface area contributed by atoms with Gasteiger partial charge in [-0.05, 0) is 25.0 Å². The number of nitrogens with two attached hydrogens (primary N) is 1. The fraction of sp³-hybridized carbons (Fsp3) is 0.455. The summed E-state index contributed by atoms with van der Waals surface area (Å²) in [7, 11) is -2.76. The topological polar surface area (TPSA) is 120 Å². The molecule has 1 atom stereocenters. The molecule has 1 aromatic rings. The molecule has 9 heteroatoms. The normalized spacial score (nSPS) is 19.1. The molecular formula is C11H14N2O6S. The molecule has 1 fully saturated rings. The van der Waals surface area contributed by atoms with E-state index in [9.17, 15) is 18.0 Å². The maximum atomic E-state index is 12.2. The minimum absolute atomic E-state index is 0.176. The van der Waals surface area contributed by atoms with Gasteiger partial charge >= 0.3 is 5.97 Å². The molecule has 20 heavy (non-hydrogen) atoms. The van der Waals surface area contributed by atoms with E-state index >= 15 is 0 Å². The second kappa shape index (κ2) is 5.25. The van der Waals surface area contributed by atoms with Crippen molar-refractivity contribution in [2.75, 3.05) is 13.7 Å². The second-order valence-corrected chi connectivity index (χ2v) is 5.84. The van der Waals surface area contributed by atoms with Crippen molar-refractivity contribution in [2.45, 2.75) is 24.0 Å². The molecule has 0 saturated carbocycles. The highest BCUT2D eigenvalue weighted by molar-refractivity contribution is 7.89. The van der Waals surface area contributed by atoms with Gasteiger partial charge in [-0.2, -0.15) is 0 Å². The minimum atomic E-state index is -4.00. The summed E-state index contributed by atoms with van der Waals surface area (Å²) in [6.45, 7) is 0.379. The largest absolute Gasteiger partial charge is 0.467 e. The summed E-state index contributed by atoms with van der Waals surface area (Å²) in [4.78, 5) is 25.1. The molecular weight excluding hydrogens is 288 g/mol. The zero-order valence-corrected chi connectivity index (χ0v) is 11.6. The van der Waals surface area contributed by atoms with E-state index in [1.165, 1.54) is 18.1 Å². The third kappa shape index (κ3) is 2.68. The van der Waals surface area contributed by atoms with Crippen LogP contribution in [0.3, 0.4) is 0 Å². The van der Waals surface area contributed by atoms with Crippen LogP contribution >= 0.6 is 0 Å². The van der Waals surface area contributed by atoms with Gasteiger partial charge in [0.05, 0.1) is 7.11 Å². The van der Waals surface area contributed by atoms with Crippen molar-refractivity contribution in [3.63, 3.8) is 0 Å². The fourth-order valence-electron chi connectivity index (χ4n) is 2.12. The summed E-state index contributed by atoms with van der Waals surface area (Å²) in [5.41, 5.74) is 0. The zero-order valence-electron chi connectivity index (χ0n) is 10.7. The van der Waals surface area contributed by atoms with Crippen molar-refractivity contribution >= 4 is 21.9 Å². The number of amides is 1. The molecule has 0 radical (unpaired) electrons. The first-order valence-electron chi connectivity index (χ1n) is 5.86. The van der Waals surface area contributed by atoms with Crippen molar-refractivity contribution in [3.05, 3.63) is 17.9 Å². The Morgan fingerprint density at radius 2 is 2.15 bits per heavy atom. The molecule has 2 rings (SSSR count). The van der Waals surface area contributed by atoms with Crippen LogP contribution in [0.1, 0.15) is 23.4 Å². The standard InChI is InChI=1S/C11H14N2O6S/c1-18-11(15)7-3-2-6-13(7)10(14)8-4-5-9(19-8)20(12,16)17/h4-5,7H,2-3,6H2,1H3,(H2,12,16,17). The number of carbonyl (C=O) groups is 2. The highest BCUT2D eigenvalue weighted by atomic mass is 32.2. The molecule has 1 unspecified atom stereocenters. The van der Waals surface area contributed by atoms with Crippen molar-refractivity contribution < 1.29 is 27.2 Å². The molecule has 8 nitrogen and oxygen atoms in total. The van der Waals surface area contributed by atoms with Crippen molar-refractivity contribution in [2.24, 2.45) is 5.14 Å². The molecule has 1 aliphatic rings. The number of sulfonamides is 1. The van der Waals surface area contributed by atoms with Gasteiger partial charge in [-0.1, -0.05) is 0 Å². The van der Waals surface area contributed by atoms with E-state index in [0.29, 0.717) is 19.4 Å². The van der Waals surface area contributed by atoms with Crippen LogP contribution in [0.2, 0.25) is 0 Å². The number of likely N-dealkylation sites (tertiary alicyclic amines) is 1.